The minimum absolute atomic E-state index is 0.0753. The smallest absolute Gasteiger partial charge is 0.258 e. The molecule has 0 amide bonds. The first-order valence-electron chi connectivity index (χ1n) is 4.85. The zero-order valence-electron chi connectivity index (χ0n) is 8.61. The molecule has 0 saturated heterocycles. The number of fused-ring (bicyclic) bond motifs is 1. The number of nitro benzene ring substituents is 1. The predicted molar refractivity (Wildman–Crippen MR) is 62.8 cm³/mol. The van der Waals surface area contributed by atoms with Crippen molar-refractivity contribution in [1.29, 1.82) is 0 Å². The number of nitrogens with zero attached hydrogens (tertiary/aromatic N) is 2. The van der Waals surface area contributed by atoms with Crippen molar-refractivity contribution in [2.75, 3.05) is 0 Å². The molecule has 82 valence electrons. The van der Waals surface area contributed by atoms with Gasteiger partial charge in [-0.2, -0.15) is 0 Å². The maximum atomic E-state index is 10.7. The van der Waals surface area contributed by atoms with Gasteiger partial charge in [-0.05, 0) is 24.1 Å². The Morgan fingerprint density at radius 2 is 2.19 bits per heavy atom. The van der Waals surface area contributed by atoms with Crippen LogP contribution in [0.1, 0.15) is 12.5 Å². The topological polar surface area (TPSA) is 56.0 Å². The average Bonchev–Trinajstić information content (AvgIpc) is 2.27. The van der Waals surface area contributed by atoms with E-state index in [9.17, 15) is 10.1 Å². The zero-order valence-corrected chi connectivity index (χ0v) is 9.36. The van der Waals surface area contributed by atoms with Gasteiger partial charge in [0.2, 0.25) is 0 Å². The first-order chi connectivity index (χ1) is 7.61. The predicted octanol–water partition coefficient (Wildman–Crippen LogP) is 3.36. The third-order valence-corrected chi connectivity index (χ3v) is 2.63. The molecule has 1 aromatic carbocycles. The Balaban J connectivity index is 2.75. The van der Waals surface area contributed by atoms with E-state index in [1.807, 2.05) is 6.92 Å². The van der Waals surface area contributed by atoms with E-state index >= 15 is 0 Å². The second-order valence-corrected chi connectivity index (χ2v) is 3.80. The molecule has 2 aromatic rings. The molecule has 0 saturated carbocycles. The van der Waals surface area contributed by atoms with Crippen LogP contribution in [-0.4, -0.2) is 9.91 Å². The van der Waals surface area contributed by atoms with Crippen molar-refractivity contribution in [1.82, 2.24) is 4.98 Å². The molecule has 0 atom stereocenters. The van der Waals surface area contributed by atoms with Gasteiger partial charge in [0.1, 0.15) is 5.15 Å². The highest BCUT2D eigenvalue weighted by Gasteiger charge is 2.10. The second-order valence-electron chi connectivity index (χ2n) is 3.42. The number of pyridine rings is 1. The molecule has 0 unspecified atom stereocenters. The van der Waals surface area contributed by atoms with Crippen LogP contribution in [0.15, 0.2) is 24.3 Å². The van der Waals surface area contributed by atoms with Crippen molar-refractivity contribution in [3.63, 3.8) is 0 Å². The molecule has 16 heavy (non-hydrogen) atoms. The number of rotatable bonds is 2. The van der Waals surface area contributed by atoms with Crippen molar-refractivity contribution in [3.05, 3.63) is 45.1 Å². The summed E-state index contributed by atoms with van der Waals surface area (Å²) < 4.78 is 0. The molecular formula is C11H9ClN2O2. The molecule has 0 spiro atoms. The highest BCUT2D eigenvalue weighted by atomic mass is 35.5. The van der Waals surface area contributed by atoms with Gasteiger partial charge in [0, 0.05) is 17.5 Å². The van der Waals surface area contributed by atoms with Crippen LogP contribution in [-0.2, 0) is 6.42 Å². The quantitative estimate of drug-likeness (QED) is 0.456. The van der Waals surface area contributed by atoms with Crippen molar-refractivity contribution in [2.24, 2.45) is 0 Å². The second kappa shape index (κ2) is 4.06. The van der Waals surface area contributed by atoms with Crippen LogP contribution in [0.5, 0.6) is 0 Å². The molecule has 0 aliphatic heterocycles. The summed E-state index contributed by atoms with van der Waals surface area (Å²) in [5.74, 6) is 0. The standard InChI is InChI=1S/C11H9ClN2O2/c1-2-7-5-11(12)13-10-4-3-8(14(15)16)6-9(7)10/h3-6H,2H2,1H3. The van der Waals surface area contributed by atoms with Crippen molar-refractivity contribution < 1.29 is 4.92 Å². The van der Waals surface area contributed by atoms with E-state index in [-0.39, 0.29) is 5.69 Å². The number of hydrogen-bond acceptors (Lipinski definition) is 3. The molecule has 0 N–H and O–H groups in total. The maximum absolute atomic E-state index is 10.7. The third-order valence-electron chi connectivity index (χ3n) is 2.44. The molecule has 0 aliphatic rings. The lowest BCUT2D eigenvalue weighted by atomic mass is 10.1. The fraction of sp³-hybridized carbons (Fsp3) is 0.182. The molecule has 0 bridgehead atoms. The van der Waals surface area contributed by atoms with E-state index in [1.165, 1.54) is 12.1 Å². The molecule has 0 radical (unpaired) electrons. The highest BCUT2D eigenvalue weighted by Crippen LogP contribution is 2.25. The minimum atomic E-state index is -0.409. The number of nitro groups is 1. The van der Waals surface area contributed by atoms with E-state index in [2.05, 4.69) is 4.98 Å². The van der Waals surface area contributed by atoms with Crippen LogP contribution in [0.25, 0.3) is 10.9 Å². The largest absolute Gasteiger partial charge is 0.270 e. The molecule has 1 heterocycles. The molecule has 2 rings (SSSR count). The first-order valence-corrected chi connectivity index (χ1v) is 5.23. The van der Waals surface area contributed by atoms with Crippen LogP contribution in [0.2, 0.25) is 5.15 Å². The number of aryl methyl sites for hydroxylation is 1. The van der Waals surface area contributed by atoms with Gasteiger partial charge in [0.25, 0.3) is 5.69 Å². The summed E-state index contributed by atoms with van der Waals surface area (Å²) >= 11 is 5.86. The fourth-order valence-electron chi connectivity index (χ4n) is 1.65. The number of benzene rings is 1. The van der Waals surface area contributed by atoms with Crippen LogP contribution >= 0.6 is 11.6 Å². The lowest BCUT2D eigenvalue weighted by Gasteiger charge is -2.04. The highest BCUT2D eigenvalue weighted by molar-refractivity contribution is 6.29. The Morgan fingerprint density at radius 3 is 2.81 bits per heavy atom. The molecule has 0 aliphatic carbocycles. The SMILES string of the molecule is CCc1cc(Cl)nc2ccc([N+](=O)[O-])cc12. The lowest BCUT2D eigenvalue weighted by molar-refractivity contribution is -0.384. The van der Waals surface area contributed by atoms with Gasteiger partial charge in [-0.1, -0.05) is 18.5 Å². The Bertz CT molecular complexity index is 569. The third kappa shape index (κ3) is 1.84. The zero-order chi connectivity index (χ0) is 11.7. The van der Waals surface area contributed by atoms with Crippen LogP contribution in [0.3, 0.4) is 0 Å². The van der Waals surface area contributed by atoms with Gasteiger partial charge in [0.05, 0.1) is 10.4 Å². The number of non-ortho nitro benzene ring substituents is 1. The van der Waals surface area contributed by atoms with Crippen molar-refractivity contribution in [3.8, 4) is 0 Å². The number of aromatic nitrogens is 1. The van der Waals surface area contributed by atoms with Crippen molar-refractivity contribution >= 4 is 28.2 Å². The summed E-state index contributed by atoms with van der Waals surface area (Å²) in [6, 6.07) is 6.34. The van der Waals surface area contributed by atoms with E-state index in [0.29, 0.717) is 10.7 Å². The van der Waals surface area contributed by atoms with Gasteiger partial charge < -0.3 is 0 Å². The maximum Gasteiger partial charge on any atom is 0.270 e. The minimum Gasteiger partial charge on any atom is -0.258 e. The Hall–Kier alpha value is -1.68. The van der Waals surface area contributed by atoms with Crippen molar-refractivity contribution in [2.45, 2.75) is 13.3 Å². The Morgan fingerprint density at radius 1 is 1.44 bits per heavy atom. The Kier molecular flexibility index (Phi) is 2.75. The normalized spacial score (nSPS) is 10.6. The summed E-state index contributed by atoms with van der Waals surface area (Å²) in [5, 5.41) is 11.9. The van der Waals surface area contributed by atoms with E-state index in [4.69, 9.17) is 11.6 Å². The van der Waals surface area contributed by atoms with Gasteiger partial charge in [-0.15, -0.1) is 0 Å². The molecule has 5 heteroatoms. The number of hydrogen-bond donors (Lipinski definition) is 0. The van der Waals surface area contributed by atoms with Gasteiger partial charge in [-0.3, -0.25) is 10.1 Å². The summed E-state index contributed by atoms with van der Waals surface area (Å²) in [6.07, 6.45) is 0.764. The summed E-state index contributed by atoms with van der Waals surface area (Å²) in [6.45, 7) is 1.98. The summed E-state index contributed by atoms with van der Waals surface area (Å²) in [5.41, 5.74) is 1.74. The molecule has 0 fully saturated rings. The fourth-order valence-corrected chi connectivity index (χ4v) is 1.88. The first kappa shape index (κ1) is 10.8. The van der Waals surface area contributed by atoms with Gasteiger partial charge in [-0.25, -0.2) is 4.98 Å². The Labute approximate surface area is 97.0 Å². The van der Waals surface area contributed by atoms with Crippen LogP contribution in [0, 0.1) is 10.1 Å². The van der Waals surface area contributed by atoms with Crippen LogP contribution < -0.4 is 0 Å². The lowest BCUT2D eigenvalue weighted by Crippen LogP contribution is -1.92. The van der Waals surface area contributed by atoms with Gasteiger partial charge >= 0.3 is 0 Å². The number of halogens is 1. The van der Waals surface area contributed by atoms with E-state index in [1.54, 1.807) is 12.1 Å². The molecular weight excluding hydrogens is 228 g/mol. The van der Waals surface area contributed by atoms with E-state index in [0.717, 1.165) is 17.4 Å². The molecule has 1 aromatic heterocycles. The van der Waals surface area contributed by atoms with Gasteiger partial charge in [0.15, 0.2) is 0 Å². The van der Waals surface area contributed by atoms with Crippen LogP contribution in [0.4, 0.5) is 5.69 Å². The summed E-state index contributed by atoms with van der Waals surface area (Å²) in [7, 11) is 0. The monoisotopic (exact) mass is 236 g/mol. The summed E-state index contributed by atoms with van der Waals surface area (Å²) in [4.78, 5) is 14.4. The molecule has 4 nitrogen and oxygen atoms in total. The average molecular weight is 237 g/mol. The van der Waals surface area contributed by atoms with E-state index < -0.39 is 4.92 Å².